The molecule has 3 heteroatoms. The molecule has 0 saturated carbocycles. The van der Waals surface area contributed by atoms with Gasteiger partial charge < -0.3 is 5.73 Å². The van der Waals surface area contributed by atoms with E-state index in [9.17, 15) is 0 Å². The van der Waals surface area contributed by atoms with Crippen LogP contribution in [0.2, 0.25) is 0 Å². The topological polar surface area (TPSA) is 43.8 Å². The molecule has 1 heterocycles. The molecule has 1 rings (SSSR count). The molecule has 0 radical (unpaired) electrons. The molecule has 0 amide bonds. The number of nitrogens with two attached hydrogens (primary N) is 1. The van der Waals surface area contributed by atoms with Crippen LogP contribution in [0.4, 0.5) is 0 Å². The maximum Gasteiger partial charge on any atom is 0.0665 e. The molecule has 0 spiro atoms. The van der Waals surface area contributed by atoms with Gasteiger partial charge in [0.1, 0.15) is 0 Å². The van der Waals surface area contributed by atoms with E-state index < -0.39 is 0 Å². The first kappa shape index (κ1) is 8.82. The van der Waals surface area contributed by atoms with Gasteiger partial charge in [-0.3, -0.25) is 4.68 Å². The largest absolute Gasteiger partial charge is 0.318 e. The molecule has 0 aliphatic carbocycles. The first-order chi connectivity index (χ1) is 5.72. The van der Waals surface area contributed by atoms with Gasteiger partial charge in [0.2, 0.25) is 0 Å². The van der Waals surface area contributed by atoms with E-state index in [4.69, 9.17) is 5.73 Å². The third kappa shape index (κ3) is 2.40. The highest BCUT2D eigenvalue weighted by Gasteiger charge is 1.91. The first-order valence-corrected chi connectivity index (χ1v) is 3.98. The smallest absolute Gasteiger partial charge is 0.0665 e. The summed E-state index contributed by atoms with van der Waals surface area (Å²) in [7, 11) is 1.87. The Hall–Kier alpha value is -1.27. The van der Waals surface area contributed by atoms with E-state index in [-0.39, 0.29) is 6.04 Å². The predicted molar refractivity (Wildman–Crippen MR) is 48.4 cm³/mol. The number of aryl methyl sites for hydroxylation is 1. The van der Waals surface area contributed by atoms with E-state index in [1.165, 1.54) is 0 Å². The van der Waals surface area contributed by atoms with Gasteiger partial charge in [0.15, 0.2) is 0 Å². The number of hydrogen-bond acceptors (Lipinski definition) is 2. The second-order valence-corrected chi connectivity index (χ2v) is 2.69. The van der Waals surface area contributed by atoms with Gasteiger partial charge in [-0.15, -0.1) is 0 Å². The Morgan fingerprint density at radius 1 is 1.75 bits per heavy atom. The van der Waals surface area contributed by atoms with Crippen molar-refractivity contribution in [2.75, 3.05) is 0 Å². The zero-order valence-corrected chi connectivity index (χ0v) is 7.41. The van der Waals surface area contributed by atoms with Crippen molar-refractivity contribution < 1.29 is 0 Å². The Balaban J connectivity index is 2.66. The molecule has 1 unspecified atom stereocenters. The predicted octanol–water partition coefficient (Wildman–Crippen LogP) is 0.509. The standard InChI is InChI=1S/C9H13N3/c1-3-9(10)5-4-8-6-11-12(2)7-8/h6-7,9H,3,10H2,1-2H3. The van der Waals surface area contributed by atoms with Crippen LogP contribution >= 0.6 is 0 Å². The van der Waals surface area contributed by atoms with Gasteiger partial charge in [0.25, 0.3) is 0 Å². The number of nitrogens with zero attached hydrogens (tertiary/aromatic N) is 2. The molecule has 0 saturated heterocycles. The van der Waals surface area contributed by atoms with Gasteiger partial charge in [0.05, 0.1) is 17.8 Å². The summed E-state index contributed by atoms with van der Waals surface area (Å²) >= 11 is 0. The zero-order valence-electron chi connectivity index (χ0n) is 7.41. The Kier molecular flexibility index (Phi) is 2.89. The van der Waals surface area contributed by atoms with Gasteiger partial charge in [-0.05, 0) is 6.42 Å². The molecule has 2 N–H and O–H groups in total. The zero-order chi connectivity index (χ0) is 8.97. The van der Waals surface area contributed by atoms with E-state index in [2.05, 4.69) is 16.9 Å². The van der Waals surface area contributed by atoms with Gasteiger partial charge in [-0.1, -0.05) is 18.8 Å². The molecule has 0 aliphatic rings. The van der Waals surface area contributed by atoms with E-state index in [1.807, 2.05) is 20.2 Å². The van der Waals surface area contributed by atoms with Crippen LogP contribution in [0.3, 0.4) is 0 Å². The van der Waals surface area contributed by atoms with Crippen LogP contribution in [0.5, 0.6) is 0 Å². The highest BCUT2D eigenvalue weighted by atomic mass is 15.2. The summed E-state index contributed by atoms with van der Waals surface area (Å²) in [6.45, 7) is 2.02. The van der Waals surface area contributed by atoms with Crippen molar-refractivity contribution in [3.05, 3.63) is 18.0 Å². The average molecular weight is 163 g/mol. The minimum atomic E-state index is -0.0230. The molecule has 12 heavy (non-hydrogen) atoms. The SMILES string of the molecule is CCC(N)C#Cc1cnn(C)c1. The van der Waals surface area contributed by atoms with Gasteiger partial charge in [-0.25, -0.2) is 0 Å². The molecule has 0 bridgehead atoms. The highest BCUT2D eigenvalue weighted by Crippen LogP contribution is 1.92. The number of aromatic nitrogens is 2. The van der Waals surface area contributed by atoms with Crippen LogP contribution in [0.25, 0.3) is 0 Å². The maximum atomic E-state index is 5.63. The number of hydrogen-bond donors (Lipinski definition) is 1. The fourth-order valence-corrected chi connectivity index (χ4v) is 0.764. The quantitative estimate of drug-likeness (QED) is 0.613. The third-order valence-corrected chi connectivity index (χ3v) is 1.55. The van der Waals surface area contributed by atoms with Gasteiger partial charge in [-0.2, -0.15) is 5.10 Å². The van der Waals surface area contributed by atoms with Crippen molar-refractivity contribution >= 4 is 0 Å². The summed E-state index contributed by atoms with van der Waals surface area (Å²) in [6.07, 6.45) is 4.48. The molecule has 0 aliphatic heterocycles. The Labute approximate surface area is 72.6 Å². The highest BCUT2D eigenvalue weighted by molar-refractivity contribution is 5.30. The summed E-state index contributed by atoms with van der Waals surface area (Å²) < 4.78 is 1.72. The van der Waals surface area contributed by atoms with Crippen molar-refractivity contribution in [2.24, 2.45) is 12.8 Å². The van der Waals surface area contributed by atoms with Gasteiger partial charge in [0, 0.05) is 13.2 Å². The minimum Gasteiger partial charge on any atom is -0.318 e. The van der Waals surface area contributed by atoms with E-state index >= 15 is 0 Å². The fourth-order valence-electron chi connectivity index (χ4n) is 0.764. The van der Waals surface area contributed by atoms with Crippen molar-refractivity contribution in [3.8, 4) is 11.8 Å². The summed E-state index contributed by atoms with van der Waals surface area (Å²) in [6, 6.07) is -0.0230. The Bertz CT molecular complexity index is 303. The van der Waals surface area contributed by atoms with E-state index in [0.717, 1.165) is 12.0 Å². The molecular weight excluding hydrogens is 150 g/mol. The first-order valence-electron chi connectivity index (χ1n) is 3.98. The number of rotatable bonds is 1. The average Bonchev–Trinajstić information content (AvgIpc) is 2.47. The molecule has 1 atom stereocenters. The lowest BCUT2D eigenvalue weighted by molar-refractivity contribution is 0.767. The van der Waals surface area contributed by atoms with Crippen LogP contribution in [0, 0.1) is 11.8 Å². The monoisotopic (exact) mass is 163 g/mol. The molecule has 3 nitrogen and oxygen atoms in total. The van der Waals surface area contributed by atoms with Crippen molar-refractivity contribution in [2.45, 2.75) is 19.4 Å². The van der Waals surface area contributed by atoms with Crippen molar-refractivity contribution in [3.63, 3.8) is 0 Å². The molecule has 64 valence electrons. The molecule has 0 aromatic carbocycles. The van der Waals surface area contributed by atoms with Crippen LogP contribution in [0.1, 0.15) is 18.9 Å². The van der Waals surface area contributed by atoms with Crippen LogP contribution in [0.15, 0.2) is 12.4 Å². The third-order valence-electron chi connectivity index (χ3n) is 1.55. The molecular formula is C9H13N3. The Morgan fingerprint density at radius 3 is 3.00 bits per heavy atom. The summed E-state index contributed by atoms with van der Waals surface area (Å²) in [4.78, 5) is 0. The van der Waals surface area contributed by atoms with Crippen LogP contribution in [-0.4, -0.2) is 15.8 Å². The lowest BCUT2D eigenvalue weighted by atomic mass is 10.2. The van der Waals surface area contributed by atoms with Crippen LogP contribution < -0.4 is 5.73 Å². The van der Waals surface area contributed by atoms with E-state index in [1.54, 1.807) is 10.9 Å². The van der Waals surface area contributed by atoms with E-state index in [0.29, 0.717) is 0 Å². The van der Waals surface area contributed by atoms with Crippen molar-refractivity contribution in [1.29, 1.82) is 0 Å². The lowest BCUT2D eigenvalue weighted by Crippen LogP contribution is -2.15. The fraction of sp³-hybridized carbons (Fsp3) is 0.444. The maximum absolute atomic E-state index is 5.63. The summed E-state index contributed by atoms with van der Waals surface area (Å²) in [5.41, 5.74) is 6.54. The summed E-state index contributed by atoms with van der Waals surface area (Å²) in [5.74, 6) is 5.89. The minimum absolute atomic E-state index is 0.0230. The molecule has 1 aromatic heterocycles. The Morgan fingerprint density at radius 2 is 2.50 bits per heavy atom. The summed E-state index contributed by atoms with van der Waals surface area (Å²) in [5, 5.41) is 3.99. The molecule has 0 fully saturated rings. The molecule has 1 aromatic rings. The second-order valence-electron chi connectivity index (χ2n) is 2.69. The van der Waals surface area contributed by atoms with Crippen molar-refractivity contribution in [1.82, 2.24) is 9.78 Å². The lowest BCUT2D eigenvalue weighted by Gasteiger charge is -1.93. The van der Waals surface area contributed by atoms with Crippen LogP contribution in [-0.2, 0) is 7.05 Å². The normalized spacial score (nSPS) is 11.9. The second kappa shape index (κ2) is 3.93. The van der Waals surface area contributed by atoms with Gasteiger partial charge >= 0.3 is 0 Å².